The third-order valence-corrected chi connectivity index (χ3v) is 3.87. The summed E-state index contributed by atoms with van der Waals surface area (Å²) in [6, 6.07) is 4.87. The summed E-state index contributed by atoms with van der Waals surface area (Å²) in [6.45, 7) is 2.88. The zero-order chi connectivity index (χ0) is 12.3. The highest BCUT2D eigenvalue weighted by Crippen LogP contribution is 2.29. The first-order valence-corrected chi connectivity index (χ1v) is 6.58. The summed E-state index contributed by atoms with van der Waals surface area (Å²) in [5, 5.41) is 0. The summed E-state index contributed by atoms with van der Waals surface area (Å²) in [5.41, 5.74) is 7.86. The molecular formula is C14H23N3. The van der Waals surface area contributed by atoms with Crippen LogP contribution < -0.4 is 10.6 Å². The van der Waals surface area contributed by atoms with Gasteiger partial charge >= 0.3 is 0 Å². The number of hydrogen-bond acceptors (Lipinski definition) is 3. The first-order chi connectivity index (χ1) is 8.20. The Kier molecular flexibility index (Phi) is 4.00. The van der Waals surface area contributed by atoms with E-state index in [1.807, 2.05) is 6.20 Å². The van der Waals surface area contributed by atoms with Crippen LogP contribution in [-0.2, 0) is 6.54 Å². The van der Waals surface area contributed by atoms with Gasteiger partial charge in [0, 0.05) is 31.5 Å². The van der Waals surface area contributed by atoms with Crippen LogP contribution in [0.1, 0.15) is 38.3 Å². The lowest BCUT2D eigenvalue weighted by Crippen LogP contribution is -2.35. The van der Waals surface area contributed by atoms with Crippen molar-refractivity contribution in [2.75, 3.05) is 11.9 Å². The molecule has 3 heteroatoms. The van der Waals surface area contributed by atoms with E-state index in [1.165, 1.54) is 31.4 Å². The van der Waals surface area contributed by atoms with Crippen LogP contribution in [0.3, 0.4) is 0 Å². The van der Waals surface area contributed by atoms with Crippen molar-refractivity contribution >= 4 is 5.69 Å². The highest BCUT2D eigenvalue weighted by atomic mass is 15.1. The Hall–Kier alpha value is -1.09. The maximum absolute atomic E-state index is 5.64. The van der Waals surface area contributed by atoms with Crippen molar-refractivity contribution < 1.29 is 0 Å². The number of anilines is 1. The Morgan fingerprint density at radius 2 is 2.29 bits per heavy atom. The van der Waals surface area contributed by atoms with Crippen molar-refractivity contribution in [3.63, 3.8) is 0 Å². The maximum atomic E-state index is 5.64. The third kappa shape index (κ3) is 2.97. The molecule has 1 aliphatic carbocycles. The van der Waals surface area contributed by atoms with E-state index in [4.69, 9.17) is 5.73 Å². The third-order valence-electron chi connectivity index (χ3n) is 3.87. The van der Waals surface area contributed by atoms with E-state index < -0.39 is 0 Å². The molecule has 0 spiro atoms. The van der Waals surface area contributed by atoms with Gasteiger partial charge in [0.15, 0.2) is 0 Å². The van der Waals surface area contributed by atoms with Crippen LogP contribution in [0.4, 0.5) is 5.69 Å². The van der Waals surface area contributed by atoms with Gasteiger partial charge < -0.3 is 10.6 Å². The van der Waals surface area contributed by atoms with Gasteiger partial charge in [0.2, 0.25) is 0 Å². The second-order valence-electron chi connectivity index (χ2n) is 5.25. The topological polar surface area (TPSA) is 42.2 Å². The molecule has 17 heavy (non-hydrogen) atoms. The lowest BCUT2D eigenvalue weighted by atomic mass is 9.86. The van der Waals surface area contributed by atoms with Crippen molar-refractivity contribution in [3.8, 4) is 0 Å². The summed E-state index contributed by atoms with van der Waals surface area (Å²) in [5.74, 6) is 0.854. The molecule has 1 aliphatic rings. The molecule has 94 valence electrons. The fourth-order valence-corrected chi connectivity index (χ4v) is 2.76. The highest BCUT2D eigenvalue weighted by Gasteiger charge is 2.22. The predicted molar refractivity (Wildman–Crippen MR) is 72.0 cm³/mol. The van der Waals surface area contributed by atoms with E-state index >= 15 is 0 Å². The lowest BCUT2D eigenvalue weighted by Gasteiger charge is -2.35. The summed E-state index contributed by atoms with van der Waals surface area (Å²) in [4.78, 5) is 6.65. The average molecular weight is 233 g/mol. The summed E-state index contributed by atoms with van der Waals surface area (Å²) >= 11 is 0. The summed E-state index contributed by atoms with van der Waals surface area (Å²) in [7, 11) is 2.19. The Labute approximate surface area is 104 Å². The molecule has 0 radical (unpaired) electrons. The minimum Gasteiger partial charge on any atom is -0.372 e. The SMILES string of the molecule is CC1CCCC(N(C)c2ccnc(CN)c2)C1. The standard InChI is InChI=1S/C14H23N3/c1-11-4-3-5-13(8-11)17(2)14-6-7-16-12(9-14)10-15/h6-7,9,11,13H,3-5,8,10,15H2,1-2H3. The molecule has 2 unspecified atom stereocenters. The van der Waals surface area contributed by atoms with Crippen molar-refractivity contribution in [2.45, 2.75) is 45.2 Å². The molecule has 1 heterocycles. The van der Waals surface area contributed by atoms with E-state index in [9.17, 15) is 0 Å². The Morgan fingerprint density at radius 3 is 3.00 bits per heavy atom. The zero-order valence-corrected chi connectivity index (χ0v) is 10.9. The van der Waals surface area contributed by atoms with Crippen LogP contribution in [0.5, 0.6) is 0 Å². The normalized spacial score (nSPS) is 24.6. The monoisotopic (exact) mass is 233 g/mol. The van der Waals surface area contributed by atoms with Gasteiger partial charge in [-0.2, -0.15) is 0 Å². The van der Waals surface area contributed by atoms with Crippen LogP contribution in [0.2, 0.25) is 0 Å². The number of nitrogens with two attached hydrogens (primary N) is 1. The van der Waals surface area contributed by atoms with Crippen molar-refractivity contribution in [2.24, 2.45) is 11.7 Å². The molecule has 0 bridgehead atoms. The van der Waals surface area contributed by atoms with Crippen LogP contribution in [-0.4, -0.2) is 18.1 Å². The Balaban J connectivity index is 2.09. The summed E-state index contributed by atoms with van der Waals surface area (Å²) < 4.78 is 0. The largest absolute Gasteiger partial charge is 0.372 e. The van der Waals surface area contributed by atoms with Crippen molar-refractivity contribution in [1.82, 2.24) is 4.98 Å². The average Bonchev–Trinajstić information content (AvgIpc) is 2.38. The molecule has 0 saturated heterocycles. The summed E-state index contributed by atoms with van der Waals surface area (Å²) in [6.07, 6.45) is 7.21. The van der Waals surface area contributed by atoms with E-state index in [1.54, 1.807) is 0 Å². The van der Waals surface area contributed by atoms with Gasteiger partial charge in [0.25, 0.3) is 0 Å². The van der Waals surface area contributed by atoms with Gasteiger partial charge in [0.1, 0.15) is 0 Å². The second-order valence-corrected chi connectivity index (χ2v) is 5.25. The minimum absolute atomic E-state index is 0.517. The number of pyridine rings is 1. The van der Waals surface area contributed by atoms with E-state index in [2.05, 4.69) is 36.0 Å². The van der Waals surface area contributed by atoms with Crippen LogP contribution in [0.15, 0.2) is 18.3 Å². The molecule has 1 saturated carbocycles. The van der Waals surface area contributed by atoms with Gasteiger partial charge in [-0.3, -0.25) is 4.98 Å². The molecule has 2 atom stereocenters. The molecule has 1 aromatic heterocycles. The number of nitrogens with zero attached hydrogens (tertiary/aromatic N) is 2. The van der Waals surface area contributed by atoms with Gasteiger partial charge in [-0.15, -0.1) is 0 Å². The number of aromatic nitrogens is 1. The first kappa shape index (κ1) is 12.4. The molecule has 2 N–H and O–H groups in total. The molecule has 3 nitrogen and oxygen atoms in total. The maximum Gasteiger partial charge on any atom is 0.0560 e. The second kappa shape index (κ2) is 5.50. The van der Waals surface area contributed by atoms with E-state index in [0.717, 1.165) is 11.6 Å². The van der Waals surface area contributed by atoms with Crippen LogP contribution >= 0.6 is 0 Å². The molecule has 2 rings (SSSR count). The lowest BCUT2D eigenvalue weighted by molar-refractivity contribution is 0.336. The molecule has 0 aliphatic heterocycles. The minimum atomic E-state index is 0.517. The van der Waals surface area contributed by atoms with Gasteiger partial charge in [0.05, 0.1) is 5.69 Å². The number of hydrogen-bond donors (Lipinski definition) is 1. The fourth-order valence-electron chi connectivity index (χ4n) is 2.76. The Morgan fingerprint density at radius 1 is 1.47 bits per heavy atom. The first-order valence-electron chi connectivity index (χ1n) is 6.58. The van der Waals surface area contributed by atoms with Crippen LogP contribution in [0.25, 0.3) is 0 Å². The van der Waals surface area contributed by atoms with E-state index in [-0.39, 0.29) is 0 Å². The molecule has 1 fully saturated rings. The van der Waals surface area contributed by atoms with Gasteiger partial charge in [-0.05, 0) is 30.9 Å². The fraction of sp³-hybridized carbons (Fsp3) is 0.643. The Bertz CT molecular complexity index is 364. The molecular weight excluding hydrogens is 210 g/mol. The molecule has 1 aromatic rings. The zero-order valence-electron chi connectivity index (χ0n) is 10.9. The number of rotatable bonds is 3. The predicted octanol–water partition coefficient (Wildman–Crippen LogP) is 2.56. The van der Waals surface area contributed by atoms with E-state index in [0.29, 0.717) is 12.6 Å². The molecule has 0 aromatic carbocycles. The van der Waals surface area contributed by atoms with Crippen molar-refractivity contribution in [1.29, 1.82) is 0 Å². The van der Waals surface area contributed by atoms with Gasteiger partial charge in [-0.25, -0.2) is 0 Å². The van der Waals surface area contributed by atoms with Gasteiger partial charge in [-0.1, -0.05) is 19.8 Å². The smallest absolute Gasteiger partial charge is 0.0560 e. The van der Waals surface area contributed by atoms with Crippen molar-refractivity contribution in [3.05, 3.63) is 24.0 Å². The van der Waals surface area contributed by atoms with Crippen LogP contribution in [0, 0.1) is 5.92 Å². The quantitative estimate of drug-likeness (QED) is 0.872. The highest BCUT2D eigenvalue weighted by molar-refractivity contribution is 5.46. The molecule has 0 amide bonds.